The zero-order chi connectivity index (χ0) is 15.8. The molecule has 1 aromatic rings. The average Bonchev–Trinajstić information content (AvgIpc) is 3.19. The normalized spacial score (nSPS) is 17.8. The summed E-state index contributed by atoms with van der Waals surface area (Å²) in [5, 5.41) is 0. The molecule has 1 aliphatic rings. The molecule has 0 spiro atoms. The molecule has 3 N–H and O–H groups in total. The van der Waals surface area contributed by atoms with Crippen molar-refractivity contribution in [3.63, 3.8) is 0 Å². The molecule has 0 heterocycles. The van der Waals surface area contributed by atoms with Gasteiger partial charge in [0.25, 0.3) is 0 Å². The Morgan fingerprint density at radius 2 is 1.95 bits per heavy atom. The summed E-state index contributed by atoms with van der Waals surface area (Å²) in [6.07, 6.45) is 2.12. The Hall–Kier alpha value is -0.910. The van der Waals surface area contributed by atoms with Gasteiger partial charge < -0.3 is 5.73 Å². The lowest BCUT2D eigenvalue weighted by atomic mass is 9.87. The number of nitrogens with one attached hydrogen (secondary N) is 1. The highest BCUT2D eigenvalue weighted by molar-refractivity contribution is 7.89. The van der Waals surface area contributed by atoms with Gasteiger partial charge in [-0.15, -0.1) is 0 Å². The largest absolute Gasteiger partial charge is 0.329 e. The SMILES string of the molecule is Cc1ccc(C(C)(C)C)cc1S(=O)(=O)NC(CN)C1CC1. The van der Waals surface area contributed by atoms with Crippen molar-refractivity contribution < 1.29 is 8.42 Å². The topological polar surface area (TPSA) is 72.2 Å². The summed E-state index contributed by atoms with van der Waals surface area (Å²) in [6.45, 7) is 8.41. The molecule has 0 saturated heterocycles. The summed E-state index contributed by atoms with van der Waals surface area (Å²) in [6, 6.07) is 5.52. The van der Waals surface area contributed by atoms with E-state index in [9.17, 15) is 8.42 Å². The second-order valence-electron chi connectivity index (χ2n) is 7.03. The van der Waals surface area contributed by atoms with Gasteiger partial charge in [-0.2, -0.15) is 0 Å². The summed E-state index contributed by atoms with van der Waals surface area (Å²) in [7, 11) is -3.52. The van der Waals surface area contributed by atoms with Crippen molar-refractivity contribution in [3.05, 3.63) is 29.3 Å². The fourth-order valence-electron chi connectivity index (χ4n) is 2.45. The molecule has 5 heteroatoms. The highest BCUT2D eigenvalue weighted by Gasteiger charge is 2.34. The molecule has 0 amide bonds. The summed E-state index contributed by atoms with van der Waals surface area (Å²) >= 11 is 0. The Kier molecular flexibility index (Phi) is 4.47. The molecule has 1 saturated carbocycles. The van der Waals surface area contributed by atoms with Gasteiger partial charge in [-0.1, -0.05) is 32.9 Å². The minimum absolute atomic E-state index is 0.0816. The molecule has 0 radical (unpaired) electrons. The van der Waals surface area contributed by atoms with Crippen LogP contribution in [0.25, 0.3) is 0 Å². The van der Waals surface area contributed by atoms with Gasteiger partial charge in [0, 0.05) is 12.6 Å². The van der Waals surface area contributed by atoms with E-state index in [4.69, 9.17) is 5.73 Å². The van der Waals surface area contributed by atoms with Crippen LogP contribution in [0.15, 0.2) is 23.1 Å². The van der Waals surface area contributed by atoms with Gasteiger partial charge in [-0.3, -0.25) is 0 Å². The van der Waals surface area contributed by atoms with Crippen LogP contribution in [0.1, 0.15) is 44.7 Å². The lowest BCUT2D eigenvalue weighted by molar-refractivity contribution is 0.518. The van der Waals surface area contributed by atoms with Gasteiger partial charge >= 0.3 is 0 Å². The maximum absolute atomic E-state index is 12.7. The zero-order valence-electron chi connectivity index (χ0n) is 13.3. The molecular formula is C16H26N2O2S. The lowest BCUT2D eigenvalue weighted by Gasteiger charge is -2.22. The van der Waals surface area contributed by atoms with Crippen molar-refractivity contribution in [1.82, 2.24) is 4.72 Å². The third-order valence-electron chi connectivity index (χ3n) is 4.10. The maximum atomic E-state index is 12.7. The van der Waals surface area contributed by atoms with E-state index in [2.05, 4.69) is 25.5 Å². The molecule has 0 bridgehead atoms. The van der Waals surface area contributed by atoms with Crippen LogP contribution in [0.4, 0.5) is 0 Å². The summed E-state index contributed by atoms with van der Waals surface area (Å²) in [4.78, 5) is 0.369. The van der Waals surface area contributed by atoms with Crippen molar-refractivity contribution in [1.29, 1.82) is 0 Å². The molecule has 1 atom stereocenters. The third kappa shape index (κ3) is 3.84. The summed E-state index contributed by atoms with van der Waals surface area (Å²) < 4.78 is 28.1. The minimum atomic E-state index is -3.52. The first kappa shape index (κ1) is 16.5. The van der Waals surface area contributed by atoms with Crippen LogP contribution in [0, 0.1) is 12.8 Å². The minimum Gasteiger partial charge on any atom is -0.329 e. The Bertz CT molecular complexity index is 614. The van der Waals surface area contributed by atoms with Gasteiger partial charge in [0.05, 0.1) is 4.90 Å². The van der Waals surface area contributed by atoms with Crippen LogP contribution in [0.3, 0.4) is 0 Å². The third-order valence-corrected chi connectivity index (χ3v) is 5.73. The Morgan fingerprint density at radius 3 is 2.43 bits per heavy atom. The number of rotatable bonds is 5. The van der Waals surface area contributed by atoms with E-state index in [0.29, 0.717) is 17.4 Å². The number of aryl methyl sites for hydroxylation is 1. The number of hydrogen-bond acceptors (Lipinski definition) is 3. The second kappa shape index (κ2) is 5.71. The Balaban J connectivity index is 2.34. The van der Waals surface area contributed by atoms with Gasteiger partial charge in [0.1, 0.15) is 0 Å². The highest BCUT2D eigenvalue weighted by Crippen LogP contribution is 2.33. The monoisotopic (exact) mass is 310 g/mol. The predicted molar refractivity (Wildman–Crippen MR) is 85.8 cm³/mol. The molecule has 21 heavy (non-hydrogen) atoms. The van der Waals surface area contributed by atoms with E-state index in [1.54, 1.807) is 6.07 Å². The number of nitrogens with two attached hydrogens (primary N) is 1. The van der Waals surface area contributed by atoms with Gasteiger partial charge in [0.15, 0.2) is 0 Å². The zero-order valence-corrected chi connectivity index (χ0v) is 14.1. The van der Waals surface area contributed by atoms with Crippen LogP contribution in [-0.2, 0) is 15.4 Å². The maximum Gasteiger partial charge on any atom is 0.241 e. The van der Waals surface area contributed by atoms with Gasteiger partial charge in [-0.25, -0.2) is 13.1 Å². The summed E-state index contributed by atoms with van der Waals surface area (Å²) in [5.41, 5.74) is 7.41. The van der Waals surface area contributed by atoms with Crippen molar-refractivity contribution in [2.75, 3.05) is 6.54 Å². The van der Waals surface area contributed by atoms with Crippen LogP contribution in [0.5, 0.6) is 0 Å². The molecule has 2 rings (SSSR count). The fraction of sp³-hybridized carbons (Fsp3) is 0.625. The number of hydrogen-bond donors (Lipinski definition) is 2. The Labute approximate surface area is 128 Å². The first-order valence-electron chi connectivity index (χ1n) is 7.48. The van der Waals surface area contributed by atoms with Crippen molar-refractivity contribution in [3.8, 4) is 0 Å². The molecular weight excluding hydrogens is 284 g/mol. The molecule has 4 nitrogen and oxygen atoms in total. The molecule has 118 valence electrons. The van der Waals surface area contributed by atoms with E-state index < -0.39 is 10.0 Å². The van der Waals surface area contributed by atoms with Crippen LogP contribution in [-0.4, -0.2) is 21.0 Å². The smallest absolute Gasteiger partial charge is 0.241 e. The molecule has 1 unspecified atom stereocenters. The van der Waals surface area contributed by atoms with Crippen LogP contribution >= 0.6 is 0 Å². The van der Waals surface area contributed by atoms with E-state index in [-0.39, 0.29) is 11.5 Å². The van der Waals surface area contributed by atoms with Gasteiger partial charge in [-0.05, 0) is 48.3 Å². The van der Waals surface area contributed by atoms with E-state index in [1.807, 2.05) is 19.1 Å². The standard InChI is InChI=1S/C16H26N2O2S/c1-11-5-8-13(16(2,3)4)9-15(11)21(19,20)18-14(10-17)12-6-7-12/h5,8-9,12,14,18H,6-7,10,17H2,1-4H3. The van der Waals surface area contributed by atoms with E-state index >= 15 is 0 Å². The second-order valence-corrected chi connectivity index (χ2v) is 8.71. The average molecular weight is 310 g/mol. The first-order valence-corrected chi connectivity index (χ1v) is 8.97. The molecule has 1 aromatic carbocycles. The highest BCUT2D eigenvalue weighted by atomic mass is 32.2. The van der Waals surface area contributed by atoms with E-state index in [0.717, 1.165) is 24.0 Å². The molecule has 1 aliphatic carbocycles. The van der Waals surface area contributed by atoms with Gasteiger partial charge in [0.2, 0.25) is 10.0 Å². The molecule has 0 aliphatic heterocycles. The Morgan fingerprint density at radius 1 is 1.33 bits per heavy atom. The van der Waals surface area contributed by atoms with Crippen molar-refractivity contribution >= 4 is 10.0 Å². The fourth-order valence-corrected chi connectivity index (χ4v) is 4.04. The molecule has 1 fully saturated rings. The van der Waals surface area contributed by atoms with Crippen LogP contribution < -0.4 is 10.5 Å². The predicted octanol–water partition coefficient (Wildman–Crippen LogP) is 2.31. The van der Waals surface area contributed by atoms with E-state index in [1.165, 1.54) is 0 Å². The summed E-state index contributed by atoms with van der Waals surface area (Å²) in [5.74, 6) is 0.399. The van der Waals surface area contributed by atoms with Crippen molar-refractivity contribution in [2.45, 2.75) is 56.9 Å². The molecule has 0 aromatic heterocycles. The number of sulfonamides is 1. The van der Waals surface area contributed by atoms with Crippen LogP contribution in [0.2, 0.25) is 0 Å². The lowest BCUT2D eigenvalue weighted by Crippen LogP contribution is -2.41. The quantitative estimate of drug-likeness (QED) is 0.876. The number of benzene rings is 1. The van der Waals surface area contributed by atoms with Crippen molar-refractivity contribution in [2.24, 2.45) is 11.7 Å². The first-order chi connectivity index (χ1) is 9.65.